The minimum Gasteiger partial charge on any atom is -0.439 e. The van der Waals surface area contributed by atoms with E-state index in [4.69, 9.17) is 4.74 Å². The van der Waals surface area contributed by atoms with Gasteiger partial charge in [-0.15, -0.1) is 0 Å². The Morgan fingerprint density at radius 1 is 1.04 bits per heavy atom. The van der Waals surface area contributed by atoms with Crippen LogP contribution in [0.3, 0.4) is 0 Å². The molecule has 0 radical (unpaired) electrons. The third-order valence-electron chi connectivity index (χ3n) is 3.78. The molecule has 0 unspecified atom stereocenters. The van der Waals surface area contributed by atoms with Crippen LogP contribution in [-0.4, -0.2) is 19.6 Å². The van der Waals surface area contributed by atoms with Crippen molar-refractivity contribution in [2.45, 2.75) is 20.0 Å². The molecule has 0 amide bonds. The van der Waals surface area contributed by atoms with Crippen LogP contribution in [0.25, 0.3) is 0 Å². The first kappa shape index (κ1) is 15.3. The molecule has 3 aromatic rings. The van der Waals surface area contributed by atoms with Gasteiger partial charge < -0.3 is 10.1 Å². The molecule has 0 saturated carbocycles. The summed E-state index contributed by atoms with van der Waals surface area (Å²) in [6, 6.07) is 11.8. The van der Waals surface area contributed by atoms with E-state index < -0.39 is 0 Å². The average molecular weight is 311 g/mol. The highest BCUT2D eigenvalue weighted by atomic mass is 16.5. The van der Waals surface area contributed by atoms with E-state index in [1.54, 1.807) is 10.9 Å². The summed E-state index contributed by atoms with van der Waals surface area (Å²) in [6.45, 7) is 3.43. The first-order valence-corrected chi connectivity index (χ1v) is 7.58. The number of hydrogen-bond acceptors (Lipinski definition) is 4. The van der Waals surface area contributed by atoms with Crippen molar-refractivity contribution in [3.63, 3.8) is 0 Å². The van der Waals surface area contributed by atoms with Crippen LogP contribution < -0.4 is 10.1 Å². The Morgan fingerprint density at radius 3 is 2.52 bits per heavy atom. The Kier molecular flexibility index (Phi) is 4.43. The molecule has 1 aromatic carbocycles. The molecule has 0 aliphatic rings. The standard InChI is InChI=1S/C17H21N5O/c1-13-16(12-18-11-14-9-10-19-21(14)2)17(22(3)20-13)23-15-7-5-4-6-8-15/h4-10,18H,11-12H2,1-3H3. The van der Waals surface area contributed by atoms with E-state index in [1.165, 1.54) is 0 Å². The number of benzene rings is 1. The molecule has 120 valence electrons. The van der Waals surface area contributed by atoms with E-state index in [2.05, 4.69) is 15.5 Å². The van der Waals surface area contributed by atoms with Crippen LogP contribution in [0.4, 0.5) is 0 Å². The highest BCUT2D eigenvalue weighted by molar-refractivity contribution is 5.35. The topological polar surface area (TPSA) is 56.9 Å². The molecule has 6 nitrogen and oxygen atoms in total. The van der Waals surface area contributed by atoms with Crippen molar-refractivity contribution in [3.05, 3.63) is 59.5 Å². The lowest BCUT2D eigenvalue weighted by Crippen LogP contribution is -2.16. The molecule has 1 N–H and O–H groups in total. The Bertz CT molecular complexity index is 776. The molecule has 0 bridgehead atoms. The molecule has 0 spiro atoms. The fourth-order valence-corrected chi connectivity index (χ4v) is 2.50. The van der Waals surface area contributed by atoms with Crippen molar-refractivity contribution >= 4 is 0 Å². The van der Waals surface area contributed by atoms with Gasteiger partial charge in [0, 0.05) is 33.4 Å². The van der Waals surface area contributed by atoms with Crippen LogP contribution in [-0.2, 0) is 27.2 Å². The predicted molar refractivity (Wildman–Crippen MR) is 88.2 cm³/mol. The monoisotopic (exact) mass is 311 g/mol. The Balaban J connectivity index is 1.72. The lowest BCUT2D eigenvalue weighted by molar-refractivity contribution is 0.423. The van der Waals surface area contributed by atoms with E-state index in [-0.39, 0.29) is 0 Å². The molecule has 23 heavy (non-hydrogen) atoms. The van der Waals surface area contributed by atoms with E-state index in [0.717, 1.165) is 35.1 Å². The van der Waals surface area contributed by atoms with Crippen molar-refractivity contribution < 1.29 is 4.74 Å². The molecule has 0 aliphatic heterocycles. The first-order valence-electron chi connectivity index (χ1n) is 7.58. The summed E-state index contributed by atoms with van der Waals surface area (Å²) >= 11 is 0. The molecule has 2 aromatic heterocycles. The second-order valence-corrected chi connectivity index (χ2v) is 5.46. The fraction of sp³-hybridized carbons (Fsp3) is 0.294. The molecule has 2 heterocycles. The number of aryl methyl sites for hydroxylation is 3. The number of rotatable bonds is 6. The van der Waals surface area contributed by atoms with Gasteiger partial charge in [0.1, 0.15) is 5.75 Å². The van der Waals surface area contributed by atoms with Gasteiger partial charge in [-0.1, -0.05) is 18.2 Å². The lowest BCUT2D eigenvalue weighted by Gasteiger charge is -2.10. The van der Waals surface area contributed by atoms with E-state index in [1.807, 2.05) is 62.1 Å². The van der Waals surface area contributed by atoms with Gasteiger partial charge in [0.05, 0.1) is 17.0 Å². The van der Waals surface area contributed by atoms with E-state index in [0.29, 0.717) is 6.54 Å². The number of nitrogens with one attached hydrogen (secondary N) is 1. The smallest absolute Gasteiger partial charge is 0.222 e. The van der Waals surface area contributed by atoms with Crippen LogP contribution in [0.2, 0.25) is 0 Å². The van der Waals surface area contributed by atoms with Gasteiger partial charge >= 0.3 is 0 Å². The van der Waals surface area contributed by atoms with Crippen LogP contribution in [0, 0.1) is 6.92 Å². The Labute approximate surface area is 135 Å². The van der Waals surface area contributed by atoms with Gasteiger partial charge in [0.25, 0.3) is 0 Å². The van der Waals surface area contributed by atoms with Crippen molar-refractivity contribution in [2.24, 2.45) is 14.1 Å². The number of aromatic nitrogens is 4. The lowest BCUT2D eigenvalue weighted by atomic mass is 10.2. The van der Waals surface area contributed by atoms with Gasteiger partial charge in [-0.3, -0.25) is 4.68 Å². The van der Waals surface area contributed by atoms with Gasteiger partial charge in [-0.25, -0.2) is 4.68 Å². The maximum Gasteiger partial charge on any atom is 0.222 e. The molecule has 0 fully saturated rings. The maximum atomic E-state index is 6.02. The summed E-state index contributed by atoms with van der Waals surface area (Å²) in [7, 11) is 3.84. The van der Waals surface area contributed by atoms with Crippen molar-refractivity contribution in [2.75, 3.05) is 0 Å². The maximum absolute atomic E-state index is 6.02. The van der Waals surface area contributed by atoms with Crippen molar-refractivity contribution in [1.29, 1.82) is 0 Å². The molecular weight excluding hydrogens is 290 g/mol. The normalized spacial score (nSPS) is 10.9. The van der Waals surface area contributed by atoms with E-state index in [9.17, 15) is 0 Å². The van der Waals surface area contributed by atoms with Gasteiger partial charge in [0.2, 0.25) is 5.88 Å². The van der Waals surface area contributed by atoms with Crippen LogP contribution in [0.1, 0.15) is 17.0 Å². The minimum absolute atomic E-state index is 0.688. The second-order valence-electron chi connectivity index (χ2n) is 5.46. The highest BCUT2D eigenvalue weighted by Gasteiger charge is 2.15. The van der Waals surface area contributed by atoms with Crippen LogP contribution >= 0.6 is 0 Å². The predicted octanol–water partition coefficient (Wildman–Crippen LogP) is 2.54. The molecular formula is C17H21N5O. The number of nitrogens with zero attached hydrogens (tertiary/aromatic N) is 4. The Hall–Kier alpha value is -2.60. The minimum atomic E-state index is 0.688. The van der Waals surface area contributed by atoms with Crippen molar-refractivity contribution in [1.82, 2.24) is 24.9 Å². The molecule has 0 aliphatic carbocycles. The Morgan fingerprint density at radius 2 is 1.83 bits per heavy atom. The number of para-hydroxylation sites is 1. The molecule has 0 atom stereocenters. The summed E-state index contributed by atoms with van der Waals surface area (Å²) in [5, 5.41) is 12.1. The van der Waals surface area contributed by atoms with Crippen molar-refractivity contribution in [3.8, 4) is 11.6 Å². The highest BCUT2D eigenvalue weighted by Crippen LogP contribution is 2.26. The summed E-state index contributed by atoms with van der Waals surface area (Å²) in [6.07, 6.45) is 1.80. The fourth-order valence-electron chi connectivity index (χ4n) is 2.50. The molecule has 0 saturated heterocycles. The molecule has 6 heteroatoms. The first-order chi connectivity index (χ1) is 11.1. The van der Waals surface area contributed by atoms with Gasteiger partial charge in [-0.2, -0.15) is 10.2 Å². The third-order valence-corrected chi connectivity index (χ3v) is 3.78. The second kappa shape index (κ2) is 6.66. The van der Waals surface area contributed by atoms with Crippen LogP contribution in [0.5, 0.6) is 11.6 Å². The number of hydrogen-bond donors (Lipinski definition) is 1. The number of ether oxygens (including phenoxy) is 1. The zero-order valence-electron chi connectivity index (χ0n) is 13.7. The SMILES string of the molecule is Cc1nn(C)c(Oc2ccccc2)c1CNCc1ccnn1C. The summed E-state index contributed by atoms with van der Waals surface area (Å²) < 4.78 is 9.66. The average Bonchev–Trinajstić information content (AvgIpc) is 3.06. The summed E-state index contributed by atoms with van der Waals surface area (Å²) in [4.78, 5) is 0. The zero-order chi connectivity index (χ0) is 16.2. The third kappa shape index (κ3) is 3.43. The van der Waals surface area contributed by atoms with E-state index >= 15 is 0 Å². The zero-order valence-corrected chi connectivity index (χ0v) is 13.7. The largest absolute Gasteiger partial charge is 0.439 e. The summed E-state index contributed by atoms with van der Waals surface area (Å²) in [5.74, 6) is 1.58. The van der Waals surface area contributed by atoms with Crippen LogP contribution in [0.15, 0.2) is 42.6 Å². The van der Waals surface area contributed by atoms with Gasteiger partial charge in [-0.05, 0) is 25.1 Å². The summed E-state index contributed by atoms with van der Waals surface area (Å²) in [5.41, 5.74) is 3.17. The molecule has 3 rings (SSSR count). The van der Waals surface area contributed by atoms with Gasteiger partial charge in [0.15, 0.2) is 0 Å². The quantitative estimate of drug-likeness (QED) is 0.760.